The molecular formula is C21H15ClN4O3. The first-order valence-electron chi connectivity index (χ1n) is 8.81. The van der Waals surface area contributed by atoms with E-state index in [1.807, 2.05) is 24.3 Å². The number of rotatable bonds is 6. The lowest BCUT2D eigenvalue weighted by atomic mass is 10.1. The van der Waals surface area contributed by atoms with Gasteiger partial charge in [0.1, 0.15) is 5.52 Å². The first kappa shape index (κ1) is 18.8. The minimum Gasteiger partial charge on any atom is -0.448 e. The Kier molecular flexibility index (Phi) is 5.31. The molecule has 29 heavy (non-hydrogen) atoms. The van der Waals surface area contributed by atoms with Gasteiger partial charge in [0.2, 0.25) is 5.78 Å². The maximum absolute atomic E-state index is 13.1. The molecule has 144 valence electrons. The molecule has 0 fully saturated rings. The summed E-state index contributed by atoms with van der Waals surface area (Å²) in [6, 6.07) is 16.8. The highest BCUT2D eigenvalue weighted by atomic mass is 35.5. The number of fused-ring (bicyclic) bond motifs is 1. The summed E-state index contributed by atoms with van der Waals surface area (Å²) in [7, 11) is 0. The van der Waals surface area contributed by atoms with Crippen LogP contribution < -0.4 is 0 Å². The Morgan fingerprint density at radius 1 is 0.966 bits per heavy atom. The average Bonchev–Trinajstić information content (AvgIpc) is 3.17. The molecule has 0 N–H and O–H groups in total. The van der Waals surface area contributed by atoms with Gasteiger partial charge in [-0.2, -0.15) is 0 Å². The summed E-state index contributed by atoms with van der Waals surface area (Å²) >= 11 is 5.92. The molecule has 0 bridgehead atoms. The number of carbonyl (C=O) groups excluding carboxylic acids is 2. The van der Waals surface area contributed by atoms with Gasteiger partial charge in [-0.05, 0) is 48.5 Å². The predicted molar refractivity (Wildman–Crippen MR) is 107 cm³/mol. The Balaban J connectivity index is 1.65. The van der Waals surface area contributed by atoms with Crippen molar-refractivity contribution in [1.82, 2.24) is 20.0 Å². The van der Waals surface area contributed by atoms with Crippen molar-refractivity contribution in [1.29, 1.82) is 0 Å². The van der Waals surface area contributed by atoms with Gasteiger partial charge in [0.25, 0.3) is 0 Å². The molecule has 0 aliphatic carbocycles. The third kappa shape index (κ3) is 4.14. The Bertz CT molecular complexity index is 1160. The number of benzene rings is 2. The Morgan fingerprint density at radius 3 is 2.45 bits per heavy atom. The average molecular weight is 407 g/mol. The van der Waals surface area contributed by atoms with Crippen molar-refractivity contribution < 1.29 is 14.3 Å². The van der Waals surface area contributed by atoms with E-state index in [2.05, 4.69) is 15.3 Å². The molecule has 2 heterocycles. The van der Waals surface area contributed by atoms with Gasteiger partial charge in [0.05, 0.1) is 17.6 Å². The molecule has 0 aliphatic rings. The van der Waals surface area contributed by atoms with Crippen LogP contribution in [0.15, 0.2) is 73.1 Å². The third-order valence-corrected chi connectivity index (χ3v) is 4.60. The minimum atomic E-state index is -1.10. The van der Waals surface area contributed by atoms with Gasteiger partial charge in [-0.3, -0.25) is 9.78 Å². The summed E-state index contributed by atoms with van der Waals surface area (Å²) in [5.41, 5.74) is 2.11. The highest BCUT2D eigenvalue weighted by Crippen LogP contribution is 2.17. The number of ether oxygens (including phenoxy) is 1. The van der Waals surface area contributed by atoms with Gasteiger partial charge >= 0.3 is 5.97 Å². The van der Waals surface area contributed by atoms with E-state index in [0.29, 0.717) is 21.7 Å². The molecular weight excluding hydrogens is 392 g/mol. The van der Waals surface area contributed by atoms with E-state index in [1.165, 1.54) is 24.5 Å². The summed E-state index contributed by atoms with van der Waals surface area (Å²) in [6.45, 7) is 0.0266. The maximum atomic E-state index is 13.1. The van der Waals surface area contributed by atoms with Gasteiger partial charge in [-0.15, -0.1) is 5.10 Å². The molecule has 0 unspecified atom stereocenters. The molecule has 0 aliphatic heterocycles. The smallest absolute Gasteiger partial charge is 0.339 e. The van der Waals surface area contributed by atoms with Crippen molar-refractivity contribution in [3.05, 3.63) is 89.2 Å². The van der Waals surface area contributed by atoms with E-state index in [1.54, 1.807) is 28.9 Å². The number of pyridine rings is 1. The molecule has 0 spiro atoms. The van der Waals surface area contributed by atoms with Crippen molar-refractivity contribution in [3.63, 3.8) is 0 Å². The highest BCUT2D eigenvalue weighted by Gasteiger charge is 2.26. The standard InChI is InChI=1S/C21H15ClN4O3/c22-16-7-5-14(6-8-16)20(27)19(29-21(28)15-9-11-23-12-10-15)13-26-18-4-2-1-3-17(18)24-25-26/h1-12,19H,13H2/t19-/m1/s1. The topological polar surface area (TPSA) is 87.0 Å². The van der Waals surface area contributed by atoms with Crippen molar-refractivity contribution in [2.24, 2.45) is 0 Å². The van der Waals surface area contributed by atoms with E-state index in [9.17, 15) is 9.59 Å². The number of Topliss-reactive ketones (excluding diaryl/α,β-unsaturated/α-hetero) is 1. The molecule has 7 nitrogen and oxygen atoms in total. The number of hydrogen-bond donors (Lipinski definition) is 0. The van der Waals surface area contributed by atoms with Crippen molar-refractivity contribution in [2.75, 3.05) is 0 Å². The molecule has 4 aromatic rings. The largest absolute Gasteiger partial charge is 0.448 e. The zero-order chi connectivity index (χ0) is 20.2. The van der Waals surface area contributed by atoms with Crippen LogP contribution in [0.2, 0.25) is 5.02 Å². The first-order valence-corrected chi connectivity index (χ1v) is 9.18. The fraction of sp³-hybridized carbons (Fsp3) is 0.0952. The second kappa shape index (κ2) is 8.20. The van der Waals surface area contributed by atoms with Crippen LogP contribution in [0.3, 0.4) is 0 Å². The summed E-state index contributed by atoms with van der Waals surface area (Å²) in [5.74, 6) is -0.979. The molecule has 0 amide bonds. The Morgan fingerprint density at radius 2 is 1.69 bits per heavy atom. The number of nitrogens with zero attached hydrogens (tertiary/aromatic N) is 4. The first-order chi connectivity index (χ1) is 14.1. The number of hydrogen-bond acceptors (Lipinski definition) is 6. The number of carbonyl (C=O) groups is 2. The maximum Gasteiger partial charge on any atom is 0.339 e. The normalized spacial score (nSPS) is 11.9. The van der Waals surface area contributed by atoms with E-state index in [0.717, 1.165) is 5.52 Å². The van der Waals surface area contributed by atoms with Crippen molar-refractivity contribution in [2.45, 2.75) is 12.6 Å². The van der Waals surface area contributed by atoms with E-state index in [4.69, 9.17) is 16.3 Å². The number of halogens is 1. The molecule has 4 rings (SSSR count). The summed E-state index contributed by atoms with van der Waals surface area (Å²) in [4.78, 5) is 29.5. The van der Waals surface area contributed by atoms with Crippen LogP contribution in [0.25, 0.3) is 11.0 Å². The fourth-order valence-corrected chi connectivity index (χ4v) is 2.99. The van der Waals surface area contributed by atoms with E-state index in [-0.39, 0.29) is 12.3 Å². The van der Waals surface area contributed by atoms with Crippen LogP contribution in [0.1, 0.15) is 20.7 Å². The van der Waals surface area contributed by atoms with Gasteiger partial charge in [-0.1, -0.05) is 28.9 Å². The number of ketones is 1. The molecule has 2 aromatic heterocycles. The molecule has 0 saturated carbocycles. The lowest BCUT2D eigenvalue weighted by molar-refractivity contribution is 0.0244. The van der Waals surface area contributed by atoms with Gasteiger partial charge in [-0.25, -0.2) is 9.48 Å². The molecule has 0 radical (unpaired) electrons. The van der Waals surface area contributed by atoms with Crippen molar-refractivity contribution >= 4 is 34.4 Å². The number of esters is 1. The van der Waals surface area contributed by atoms with Crippen LogP contribution in [-0.4, -0.2) is 37.8 Å². The van der Waals surface area contributed by atoms with Crippen molar-refractivity contribution in [3.8, 4) is 0 Å². The molecule has 0 saturated heterocycles. The molecule has 1 atom stereocenters. The lowest BCUT2D eigenvalue weighted by Crippen LogP contribution is -2.32. The van der Waals surface area contributed by atoms with Crippen LogP contribution in [0.5, 0.6) is 0 Å². The van der Waals surface area contributed by atoms with Gasteiger partial charge in [0.15, 0.2) is 6.10 Å². The molecule has 2 aromatic carbocycles. The van der Waals surface area contributed by atoms with E-state index >= 15 is 0 Å². The number of para-hydroxylation sites is 1. The monoisotopic (exact) mass is 406 g/mol. The molecule has 8 heteroatoms. The fourth-order valence-electron chi connectivity index (χ4n) is 2.87. The second-order valence-corrected chi connectivity index (χ2v) is 6.70. The summed E-state index contributed by atoms with van der Waals surface area (Å²) in [5, 5.41) is 8.69. The van der Waals surface area contributed by atoms with E-state index < -0.39 is 12.1 Å². The quantitative estimate of drug-likeness (QED) is 0.359. The van der Waals surface area contributed by atoms with Crippen LogP contribution in [0.4, 0.5) is 0 Å². The number of aromatic nitrogens is 4. The SMILES string of the molecule is O=C(O[C@H](Cn1nnc2ccccc21)C(=O)c1ccc(Cl)cc1)c1ccncc1. The third-order valence-electron chi connectivity index (χ3n) is 4.35. The van der Waals surface area contributed by atoms with Gasteiger partial charge < -0.3 is 4.74 Å². The Labute approximate surface area is 170 Å². The second-order valence-electron chi connectivity index (χ2n) is 6.26. The predicted octanol–water partition coefficient (Wildman–Crippen LogP) is 3.59. The Hall–Kier alpha value is -3.58. The summed E-state index contributed by atoms with van der Waals surface area (Å²) < 4.78 is 7.12. The van der Waals surface area contributed by atoms with Crippen LogP contribution in [0, 0.1) is 0 Å². The lowest BCUT2D eigenvalue weighted by Gasteiger charge is -2.17. The minimum absolute atomic E-state index is 0.0266. The van der Waals surface area contributed by atoms with Crippen LogP contribution in [-0.2, 0) is 11.3 Å². The highest BCUT2D eigenvalue weighted by molar-refractivity contribution is 6.30. The van der Waals surface area contributed by atoms with Gasteiger partial charge in [0, 0.05) is 23.0 Å². The van der Waals surface area contributed by atoms with Crippen LogP contribution >= 0.6 is 11.6 Å². The summed E-state index contributed by atoms with van der Waals surface area (Å²) in [6.07, 6.45) is 1.87. The zero-order valence-electron chi connectivity index (χ0n) is 15.1. The zero-order valence-corrected chi connectivity index (χ0v) is 15.9.